The first-order valence-electron chi connectivity index (χ1n) is 7.06. The van der Waals surface area contributed by atoms with Gasteiger partial charge in [-0.05, 0) is 36.1 Å². The molecular weight excluding hydrogens is 267 g/mol. The Hall–Kier alpha value is -1.91. The van der Waals surface area contributed by atoms with E-state index in [0.717, 1.165) is 18.4 Å². The van der Waals surface area contributed by atoms with Gasteiger partial charge in [0.15, 0.2) is 11.6 Å². The lowest BCUT2D eigenvalue weighted by molar-refractivity contribution is 0.383. The molecule has 0 amide bonds. The number of ether oxygens (including phenoxy) is 1. The average molecular weight is 286 g/mol. The Balaban J connectivity index is 1.97. The molecule has 0 aromatic heterocycles. The SMILES string of the molecule is COc1ccc(C(NN)C2(c3ccccc3)CC2)cc1F. The third-order valence-corrected chi connectivity index (χ3v) is 4.37. The van der Waals surface area contributed by atoms with Gasteiger partial charge in [0.05, 0.1) is 13.2 Å². The molecule has 3 rings (SSSR count). The zero-order valence-electron chi connectivity index (χ0n) is 12.0. The van der Waals surface area contributed by atoms with Crippen LogP contribution in [-0.4, -0.2) is 7.11 Å². The van der Waals surface area contributed by atoms with E-state index in [2.05, 4.69) is 17.6 Å². The summed E-state index contributed by atoms with van der Waals surface area (Å²) in [6, 6.07) is 15.2. The molecule has 0 saturated heterocycles. The molecule has 2 aromatic rings. The zero-order chi connectivity index (χ0) is 14.9. The minimum absolute atomic E-state index is 0.0446. The molecule has 0 heterocycles. The lowest BCUT2D eigenvalue weighted by Crippen LogP contribution is -2.36. The first kappa shape index (κ1) is 14.0. The molecule has 0 spiro atoms. The number of hydrogen-bond acceptors (Lipinski definition) is 3. The summed E-state index contributed by atoms with van der Waals surface area (Å²) in [7, 11) is 1.46. The fourth-order valence-corrected chi connectivity index (χ4v) is 3.09. The van der Waals surface area contributed by atoms with Crippen LogP contribution in [0.3, 0.4) is 0 Å². The van der Waals surface area contributed by atoms with E-state index < -0.39 is 0 Å². The third-order valence-electron chi connectivity index (χ3n) is 4.37. The molecule has 1 aliphatic carbocycles. The highest BCUT2D eigenvalue weighted by Gasteiger charge is 2.51. The molecular formula is C17H19FN2O. The van der Waals surface area contributed by atoms with E-state index in [-0.39, 0.29) is 23.0 Å². The van der Waals surface area contributed by atoms with Crippen LogP contribution in [-0.2, 0) is 5.41 Å². The second kappa shape index (κ2) is 5.47. The number of halogens is 1. The first-order valence-corrected chi connectivity index (χ1v) is 7.06. The van der Waals surface area contributed by atoms with Crippen molar-refractivity contribution in [2.24, 2.45) is 5.84 Å². The van der Waals surface area contributed by atoms with Crippen LogP contribution in [0.15, 0.2) is 48.5 Å². The molecule has 2 aromatic carbocycles. The summed E-state index contributed by atoms with van der Waals surface area (Å²) in [5.74, 6) is 5.67. The molecule has 1 atom stereocenters. The van der Waals surface area contributed by atoms with E-state index in [1.54, 1.807) is 6.07 Å². The molecule has 0 radical (unpaired) electrons. The maximum absolute atomic E-state index is 14.0. The fourth-order valence-electron chi connectivity index (χ4n) is 3.09. The highest BCUT2D eigenvalue weighted by Crippen LogP contribution is 2.56. The van der Waals surface area contributed by atoms with Crippen molar-refractivity contribution in [2.45, 2.75) is 24.3 Å². The minimum atomic E-state index is -0.362. The number of nitrogens with one attached hydrogen (secondary N) is 1. The van der Waals surface area contributed by atoms with Crippen LogP contribution in [0.4, 0.5) is 4.39 Å². The highest BCUT2D eigenvalue weighted by molar-refractivity contribution is 5.40. The van der Waals surface area contributed by atoms with Gasteiger partial charge >= 0.3 is 0 Å². The number of hydrogen-bond donors (Lipinski definition) is 2. The van der Waals surface area contributed by atoms with E-state index >= 15 is 0 Å². The molecule has 3 N–H and O–H groups in total. The second-order valence-corrected chi connectivity index (χ2v) is 5.52. The third kappa shape index (κ3) is 2.41. The van der Waals surface area contributed by atoms with Crippen LogP contribution in [0.25, 0.3) is 0 Å². The Bertz CT molecular complexity index is 626. The number of nitrogens with two attached hydrogens (primary N) is 1. The molecule has 4 heteroatoms. The summed E-state index contributed by atoms with van der Waals surface area (Å²) in [6.45, 7) is 0. The number of hydrazine groups is 1. The molecule has 1 fully saturated rings. The van der Waals surface area contributed by atoms with Gasteiger partial charge in [0, 0.05) is 5.41 Å². The van der Waals surface area contributed by atoms with Gasteiger partial charge in [-0.3, -0.25) is 11.3 Å². The van der Waals surface area contributed by atoms with Crippen LogP contribution in [0.1, 0.15) is 30.0 Å². The van der Waals surface area contributed by atoms with Gasteiger partial charge in [0.2, 0.25) is 0 Å². The normalized spacial score (nSPS) is 17.3. The lowest BCUT2D eigenvalue weighted by atomic mass is 9.84. The largest absolute Gasteiger partial charge is 0.494 e. The van der Waals surface area contributed by atoms with E-state index in [1.165, 1.54) is 18.7 Å². The van der Waals surface area contributed by atoms with E-state index in [0.29, 0.717) is 0 Å². The van der Waals surface area contributed by atoms with Crippen LogP contribution in [0, 0.1) is 5.82 Å². The predicted octanol–water partition coefficient (Wildman–Crippen LogP) is 3.07. The second-order valence-electron chi connectivity index (χ2n) is 5.52. The Morgan fingerprint density at radius 1 is 1.19 bits per heavy atom. The molecule has 110 valence electrons. The molecule has 0 aliphatic heterocycles. The van der Waals surface area contributed by atoms with Crippen molar-refractivity contribution in [1.29, 1.82) is 0 Å². The quantitative estimate of drug-likeness (QED) is 0.656. The lowest BCUT2D eigenvalue weighted by Gasteiger charge is -2.27. The Labute approximate surface area is 123 Å². The van der Waals surface area contributed by atoms with E-state index in [1.807, 2.05) is 24.3 Å². The summed E-state index contributed by atoms with van der Waals surface area (Å²) < 4.78 is 18.9. The summed E-state index contributed by atoms with van der Waals surface area (Å²) >= 11 is 0. The number of rotatable bonds is 5. The molecule has 1 saturated carbocycles. The molecule has 1 unspecified atom stereocenters. The van der Waals surface area contributed by atoms with E-state index in [9.17, 15) is 4.39 Å². The Morgan fingerprint density at radius 2 is 1.90 bits per heavy atom. The summed E-state index contributed by atoms with van der Waals surface area (Å²) in [4.78, 5) is 0. The van der Waals surface area contributed by atoms with Gasteiger partial charge in [0.25, 0.3) is 0 Å². The summed E-state index contributed by atoms with van der Waals surface area (Å²) in [5.41, 5.74) is 4.92. The predicted molar refractivity (Wildman–Crippen MR) is 80.4 cm³/mol. The van der Waals surface area contributed by atoms with Crippen molar-refractivity contribution >= 4 is 0 Å². The van der Waals surface area contributed by atoms with Crippen molar-refractivity contribution in [3.8, 4) is 5.75 Å². The first-order chi connectivity index (χ1) is 10.2. The van der Waals surface area contributed by atoms with Crippen LogP contribution in [0.2, 0.25) is 0 Å². The van der Waals surface area contributed by atoms with Crippen molar-refractivity contribution in [1.82, 2.24) is 5.43 Å². The maximum atomic E-state index is 14.0. The van der Waals surface area contributed by atoms with Gasteiger partial charge in [-0.15, -0.1) is 0 Å². The van der Waals surface area contributed by atoms with E-state index in [4.69, 9.17) is 10.6 Å². The average Bonchev–Trinajstić information content (AvgIpc) is 3.31. The molecule has 0 bridgehead atoms. The van der Waals surface area contributed by atoms with Crippen molar-refractivity contribution in [2.75, 3.05) is 7.11 Å². The topological polar surface area (TPSA) is 47.3 Å². The minimum Gasteiger partial charge on any atom is -0.494 e. The highest BCUT2D eigenvalue weighted by atomic mass is 19.1. The van der Waals surface area contributed by atoms with Gasteiger partial charge in [-0.25, -0.2) is 4.39 Å². The monoisotopic (exact) mass is 286 g/mol. The maximum Gasteiger partial charge on any atom is 0.165 e. The summed E-state index contributed by atoms with van der Waals surface area (Å²) in [5, 5.41) is 0. The fraction of sp³-hybridized carbons (Fsp3) is 0.294. The molecule has 1 aliphatic rings. The van der Waals surface area contributed by atoms with Crippen molar-refractivity contribution < 1.29 is 9.13 Å². The summed E-state index contributed by atoms with van der Waals surface area (Å²) in [6.07, 6.45) is 2.08. The molecule has 3 nitrogen and oxygen atoms in total. The zero-order valence-corrected chi connectivity index (χ0v) is 12.0. The van der Waals surface area contributed by atoms with Gasteiger partial charge in [-0.2, -0.15) is 0 Å². The Morgan fingerprint density at radius 3 is 2.43 bits per heavy atom. The van der Waals surface area contributed by atoms with Gasteiger partial charge < -0.3 is 4.74 Å². The number of methoxy groups -OCH3 is 1. The Kier molecular flexibility index (Phi) is 3.66. The van der Waals surface area contributed by atoms with Crippen LogP contribution < -0.4 is 16.0 Å². The van der Waals surface area contributed by atoms with Gasteiger partial charge in [-0.1, -0.05) is 36.4 Å². The van der Waals surface area contributed by atoms with Gasteiger partial charge in [0.1, 0.15) is 0 Å². The van der Waals surface area contributed by atoms with Crippen molar-refractivity contribution in [3.05, 3.63) is 65.5 Å². The van der Waals surface area contributed by atoms with Crippen LogP contribution in [0.5, 0.6) is 5.75 Å². The van der Waals surface area contributed by atoms with Crippen LogP contribution >= 0.6 is 0 Å². The van der Waals surface area contributed by atoms with Crippen molar-refractivity contribution in [3.63, 3.8) is 0 Å². The smallest absolute Gasteiger partial charge is 0.165 e. The molecule has 21 heavy (non-hydrogen) atoms. The standard InChI is InChI=1S/C17H19FN2O/c1-21-15-8-7-12(11-14(15)18)16(20-19)17(9-10-17)13-5-3-2-4-6-13/h2-8,11,16,20H,9-10,19H2,1H3. The number of benzene rings is 2.